The Morgan fingerprint density at radius 3 is 1.49 bits per heavy atom. The molecule has 0 saturated heterocycles. The van der Waals surface area contributed by atoms with Crippen LogP contribution >= 0.6 is 11.6 Å². The van der Waals surface area contributed by atoms with Gasteiger partial charge in [-0.25, -0.2) is 30.0 Å². The molecule has 9 aromatic rings. The number of fused-ring (bicyclic) bond motifs is 14. The number of rotatable bonds is 10. The Hall–Kier alpha value is -8.24. The van der Waals surface area contributed by atoms with Gasteiger partial charge in [0.05, 0.1) is 19.8 Å². The predicted octanol–water partition coefficient (Wildman–Crippen LogP) is 7.69. The van der Waals surface area contributed by atoms with Gasteiger partial charge in [0.2, 0.25) is 5.28 Å². The summed E-state index contributed by atoms with van der Waals surface area (Å²) >= 11 is 6.81. The van der Waals surface area contributed by atoms with Gasteiger partial charge in [0.15, 0.2) is 23.3 Å². The zero-order chi connectivity index (χ0) is 44.5. The largest absolute Gasteiger partial charge is 0.533 e. The molecule has 0 aliphatic carbocycles. The van der Waals surface area contributed by atoms with Crippen LogP contribution in [0.4, 0.5) is 11.6 Å². The molecule has 0 fully saturated rings. The number of ether oxygens (including phenoxy) is 2. The molecular formula is C51H34ClN11O3Si. The average Bonchev–Trinajstić information content (AvgIpc) is 4.08. The molecule has 67 heavy (non-hydrogen) atoms. The molecule has 322 valence electrons. The number of benzene rings is 6. The monoisotopic (exact) mass is 911 g/mol. The van der Waals surface area contributed by atoms with E-state index in [0.717, 1.165) is 54.5 Å². The lowest BCUT2D eigenvalue weighted by Crippen LogP contribution is -2.71. The van der Waals surface area contributed by atoms with Crippen LogP contribution in [0.3, 0.4) is 0 Å². The molecule has 7 heterocycles. The highest BCUT2D eigenvalue weighted by Gasteiger charge is 2.54. The lowest BCUT2D eigenvalue weighted by Gasteiger charge is -2.34. The van der Waals surface area contributed by atoms with E-state index in [4.69, 9.17) is 60.4 Å². The maximum absolute atomic E-state index is 7.75. The van der Waals surface area contributed by atoms with Crippen LogP contribution in [0, 0.1) is 0 Å². The third-order valence-corrected chi connectivity index (χ3v) is 15.9. The summed E-state index contributed by atoms with van der Waals surface area (Å²) in [5.74, 6) is 3.06. The molecule has 4 aliphatic rings. The van der Waals surface area contributed by atoms with Crippen molar-refractivity contribution in [1.82, 2.24) is 23.4 Å². The van der Waals surface area contributed by atoms with Gasteiger partial charge in [-0.05, 0) is 17.2 Å². The number of aromatic nitrogens is 5. The van der Waals surface area contributed by atoms with Crippen LogP contribution in [0.2, 0.25) is 5.28 Å². The Morgan fingerprint density at radius 1 is 0.448 bits per heavy atom. The van der Waals surface area contributed by atoms with Crippen molar-refractivity contribution in [3.8, 4) is 12.0 Å². The summed E-state index contributed by atoms with van der Waals surface area (Å²) < 4.78 is 24.1. The van der Waals surface area contributed by atoms with Crippen molar-refractivity contribution in [2.45, 2.75) is 13.0 Å². The fourth-order valence-electron chi connectivity index (χ4n) is 9.18. The van der Waals surface area contributed by atoms with Gasteiger partial charge in [-0.1, -0.05) is 158 Å². The molecule has 14 nitrogen and oxygen atoms in total. The van der Waals surface area contributed by atoms with Crippen LogP contribution in [0.1, 0.15) is 34.2 Å². The van der Waals surface area contributed by atoms with E-state index in [9.17, 15) is 0 Å². The maximum Gasteiger partial charge on any atom is 0.533 e. The minimum Gasteiger partial charge on any atom is -0.476 e. The third kappa shape index (κ3) is 6.38. The summed E-state index contributed by atoms with van der Waals surface area (Å²) in [5.41, 5.74) is 5.54. The summed E-state index contributed by atoms with van der Waals surface area (Å²) in [6, 6.07) is 52.2. The lowest BCUT2D eigenvalue weighted by molar-refractivity contribution is 0.106. The van der Waals surface area contributed by atoms with Crippen molar-refractivity contribution in [2.24, 2.45) is 30.0 Å². The summed E-state index contributed by atoms with van der Waals surface area (Å²) in [6.07, 6.45) is 0.572. The summed E-state index contributed by atoms with van der Waals surface area (Å²) in [6.45, 7) is 1.21. The minimum atomic E-state index is -4.42. The van der Waals surface area contributed by atoms with Crippen LogP contribution < -0.4 is 25.3 Å². The SMILES string of the molecule is Clc1nc(OCCCOCc2ccccc2)nc(O[Si]2(c3ccccc3)n3c4c5ccccc5c3N=C3N=C(N=c5c6ccccc6c(n52)=NC2=NC(=N4)c4ccccc42)c2ccccc23)n1. The van der Waals surface area contributed by atoms with Gasteiger partial charge in [-0.2, -0.15) is 9.97 Å². The second-order valence-electron chi connectivity index (χ2n) is 16.1. The van der Waals surface area contributed by atoms with Crippen LogP contribution in [-0.2, 0) is 11.3 Å². The van der Waals surface area contributed by atoms with E-state index in [0.29, 0.717) is 65.6 Å². The molecule has 0 amide bonds. The second kappa shape index (κ2) is 15.7. The highest BCUT2D eigenvalue weighted by Crippen LogP contribution is 2.43. The van der Waals surface area contributed by atoms with Gasteiger partial charge >= 0.3 is 20.7 Å². The topological polar surface area (TPSA) is 150 Å². The van der Waals surface area contributed by atoms with E-state index >= 15 is 0 Å². The van der Waals surface area contributed by atoms with Gasteiger partial charge in [0.25, 0.3) is 0 Å². The Labute approximate surface area is 387 Å². The Kier molecular flexibility index (Phi) is 9.19. The van der Waals surface area contributed by atoms with Gasteiger partial charge in [0.1, 0.15) is 22.6 Å². The van der Waals surface area contributed by atoms with Crippen molar-refractivity contribution in [1.29, 1.82) is 0 Å². The van der Waals surface area contributed by atoms with Crippen LogP contribution in [0.25, 0.3) is 21.5 Å². The van der Waals surface area contributed by atoms with Crippen molar-refractivity contribution >= 4 is 82.0 Å². The maximum atomic E-state index is 7.75. The number of halogens is 1. The number of hydrogen-bond acceptors (Lipinski definition) is 12. The molecule has 0 spiro atoms. The zero-order valence-corrected chi connectivity index (χ0v) is 37.1. The molecule has 4 aliphatic heterocycles. The third-order valence-electron chi connectivity index (χ3n) is 12.1. The number of nitrogens with zero attached hydrogens (tertiary/aromatic N) is 11. The smallest absolute Gasteiger partial charge is 0.476 e. The quantitative estimate of drug-likeness (QED) is 0.102. The van der Waals surface area contributed by atoms with E-state index < -0.39 is 8.64 Å². The van der Waals surface area contributed by atoms with Crippen LogP contribution in [0.5, 0.6) is 12.0 Å². The molecule has 1 unspecified atom stereocenters. The van der Waals surface area contributed by atoms with Gasteiger partial charge in [-0.15, -0.1) is 4.98 Å². The first-order valence-electron chi connectivity index (χ1n) is 21.8. The Bertz CT molecular complexity index is 3610. The molecule has 3 aromatic heterocycles. The second-order valence-corrected chi connectivity index (χ2v) is 19.3. The zero-order valence-electron chi connectivity index (χ0n) is 35.4. The van der Waals surface area contributed by atoms with E-state index in [1.807, 2.05) is 158 Å². The molecule has 1 atom stereocenters. The average molecular weight is 912 g/mol. The van der Waals surface area contributed by atoms with Crippen LogP contribution in [-0.4, -0.2) is 68.6 Å². The van der Waals surface area contributed by atoms with E-state index in [1.54, 1.807) is 0 Å². The van der Waals surface area contributed by atoms with Gasteiger partial charge < -0.3 is 13.9 Å². The van der Waals surface area contributed by atoms with E-state index in [1.165, 1.54) is 0 Å². The van der Waals surface area contributed by atoms with Gasteiger partial charge in [-0.3, -0.25) is 8.47 Å². The number of amidine groups is 4. The Balaban J connectivity index is 1.12. The van der Waals surface area contributed by atoms with Crippen molar-refractivity contribution in [3.63, 3.8) is 0 Å². The first-order valence-corrected chi connectivity index (χ1v) is 23.9. The molecule has 0 radical (unpaired) electrons. The molecule has 16 heteroatoms. The standard InChI is InChI=1S/C51H34ClN11O3Si/c52-49-59-50(65-29-15-28-64-30-31-16-3-1-4-17-31)61-51(60-49)66-67(32-18-5-2-6-19-32)62-45-37-24-11-12-25-38(37)47(62)57-43-35-22-9-10-23-36(35)44(54-43)58-48-40-27-14-13-26-39(40)46(63(48)67)56-42-34-21-8-7-20-33(34)41(53-42)55-45/h1-14,16-27H,15,28-30H2. The lowest BCUT2D eigenvalue weighted by atomic mass is 10.1. The summed E-state index contributed by atoms with van der Waals surface area (Å²) in [5, 5.41) is 3.88. The van der Waals surface area contributed by atoms with E-state index in [2.05, 4.69) is 18.4 Å². The first-order chi connectivity index (χ1) is 33.1. The van der Waals surface area contributed by atoms with Crippen molar-refractivity contribution in [3.05, 3.63) is 202 Å². The fraction of sp³-hybridized carbons (Fsp3) is 0.0784. The molecule has 6 aromatic carbocycles. The Morgan fingerprint density at radius 2 is 0.925 bits per heavy atom. The highest BCUT2D eigenvalue weighted by molar-refractivity contribution is 6.85. The fourth-order valence-corrected chi connectivity index (χ4v) is 13.1. The molecule has 0 N–H and O–H groups in total. The summed E-state index contributed by atoms with van der Waals surface area (Å²) in [4.78, 5) is 46.4. The van der Waals surface area contributed by atoms with Crippen molar-refractivity contribution in [2.75, 3.05) is 13.2 Å². The minimum absolute atomic E-state index is 0.00644. The first kappa shape index (κ1) is 39.1. The van der Waals surface area contributed by atoms with Gasteiger partial charge in [0, 0.05) is 55.4 Å². The number of hydrogen-bond donors (Lipinski definition) is 0. The summed E-state index contributed by atoms with van der Waals surface area (Å²) in [7, 11) is -4.42. The molecule has 6 bridgehead atoms. The highest BCUT2D eigenvalue weighted by atomic mass is 35.5. The molecular weight excluding hydrogens is 878 g/mol. The molecule has 13 rings (SSSR count). The van der Waals surface area contributed by atoms with Crippen molar-refractivity contribution < 1.29 is 13.9 Å². The predicted molar refractivity (Wildman–Crippen MR) is 259 cm³/mol. The number of aliphatic imine (C=N–C) groups is 4. The normalized spacial score (nSPS) is 16.2. The molecule has 0 saturated carbocycles. The van der Waals surface area contributed by atoms with Crippen LogP contribution in [0.15, 0.2) is 188 Å². The van der Waals surface area contributed by atoms with E-state index in [-0.39, 0.29) is 23.9 Å².